The summed E-state index contributed by atoms with van der Waals surface area (Å²) in [5, 5.41) is 19.7. The molecular weight excluding hydrogens is 464 g/mol. The molecule has 2 N–H and O–H groups in total. The number of nitrogens with zero attached hydrogens (tertiary/aromatic N) is 2. The van der Waals surface area contributed by atoms with Gasteiger partial charge in [-0.05, 0) is 38.5 Å². The molecule has 0 aromatic heterocycles. The Kier molecular flexibility index (Phi) is 6.40. The molecule has 2 aromatic carbocycles. The number of phenols is 1. The number of aromatic hydroxyl groups is 1. The van der Waals surface area contributed by atoms with Crippen LogP contribution in [0.2, 0.25) is 0 Å². The maximum Gasteiger partial charge on any atom is 0.323 e. The van der Waals surface area contributed by atoms with Gasteiger partial charge in [-0.15, -0.1) is 0 Å². The van der Waals surface area contributed by atoms with Gasteiger partial charge in [0.1, 0.15) is 17.7 Å². The number of amides is 1. The first-order valence-electron chi connectivity index (χ1n) is 12.2. The van der Waals surface area contributed by atoms with Crippen molar-refractivity contribution in [2.75, 3.05) is 44.3 Å². The summed E-state index contributed by atoms with van der Waals surface area (Å²) in [4.78, 5) is 28.0. The fourth-order valence-corrected chi connectivity index (χ4v) is 5.67. The number of hydrogen-bond acceptors (Lipinski definition) is 7. The van der Waals surface area contributed by atoms with Crippen molar-refractivity contribution in [1.82, 2.24) is 4.90 Å². The Morgan fingerprint density at radius 2 is 1.92 bits per heavy atom. The molecule has 0 radical (unpaired) electrons. The number of carbonyl (C=O) groups excluding carboxylic acids is 1. The average molecular weight is 497 g/mol. The molecule has 5 rings (SSSR count). The highest BCUT2D eigenvalue weighted by molar-refractivity contribution is 5.98. The minimum absolute atomic E-state index is 0.0240. The molecule has 3 atom stereocenters. The average Bonchev–Trinajstić information content (AvgIpc) is 2.84. The van der Waals surface area contributed by atoms with Gasteiger partial charge >= 0.3 is 5.97 Å². The first kappa shape index (κ1) is 24.5. The van der Waals surface area contributed by atoms with Crippen LogP contribution in [-0.2, 0) is 19.1 Å². The monoisotopic (exact) mass is 496 g/mol. The summed E-state index contributed by atoms with van der Waals surface area (Å²) in [7, 11) is 0. The van der Waals surface area contributed by atoms with Crippen molar-refractivity contribution in [2.45, 2.75) is 37.6 Å². The Hall–Kier alpha value is -3.14. The van der Waals surface area contributed by atoms with Gasteiger partial charge in [-0.3, -0.25) is 14.5 Å². The Morgan fingerprint density at radius 1 is 1.14 bits per heavy atom. The molecule has 3 heterocycles. The van der Waals surface area contributed by atoms with Crippen LogP contribution in [0.5, 0.6) is 11.5 Å². The van der Waals surface area contributed by atoms with Crippen LogP contribution in [0.15, 0.2) is 48.5 Å². The van der Waals surface area contributed by atoms with Crippen LogP contribution >= 0.6 is 0 Å². The zero-order valence-electron chi connectivity index (χ0n) is 20.6. The summed E-state index contributed by atoms with van der Waals surface area (Å²) in [5.41, 5.74) is 0.180. The molecule has 2 fully saturated rings. The summed E-state index contributed by atoms with van der Waals surface area (Å²) in [5.74, 6) is -0.796. The maximum absolute atomic E-state index is 13.2. The number of para-hydroxylation sites is 2. The summed E-state index contributed by atoms with van der Waals surface area (Å²) < 4.78 is 18.9. The van der Waals surface area contributed by atoms with Crippen LogP contribution in [0.4, 0.5) is 5.69 Å². The van der Waals surface area contributed by atoms with Gasteiger partial charge in [0.05, 0.1) is 25.9 Å². The quantitative estimate of drug-likeness (QED) is 0.651. The van der Waals surface area contributed by atoms with Crippen molar-refractivity contribution in [3.8, 4) is 11.5 Å². The van der Waals surface area contributed by atoms with Gasteiger partial charge < -0.3 is 29.3 Å². The largest absolute Gasteiger partial charge is 0.504 e. The summed E-state index contributed by atoms with van der Waals surface area (Å²) in [6.07, 6.45) is 0.438. The Labute approximate surface area is 210 Å². The Morgan fingerprint density at radius 3 is 2.67 bits per heavy atom. The van der Waals surface area contributed by atoms with Gasteiger partial charge in [0.2, 0.25) is 5.91 Å². The van der Waals surface area contributed by atoms with Gasteiger partial charge in [-0.2, -0.15) is 0 Å². The minimum atomic E-state index is -1.07. The predicted molar refractivity (Wildman–Crippen MR) is 131 cm³/mol. The van der Waals surface area contributed by atoms with Gasteiger partial charge in [0.25, 0.3) is 0 Å². The van der Waals surface area contributed by atoms with Gasteiger partial charge in [0, 0.05) is 30.3 Å². The molecule has 3 aliphatic heterocycles. The highest BCUT2D eigenvalue weighted by Crippen LogP contribution is 2.54. The van der Waals surface area contributed by atoms with Crippen LogP contribution in [-0.4, -0.2) is 77.6 Å². The number of ether oxygens (including phenoxy) is 3. The number of phenolic OH excluding ortho intramolecular Hbond substituents is 1. The van der Waals surface area contributed by atoms with Crippen molar-refractivity contribution in [3.05, 3.63) is 54.1 Å². The van der Waals surface area contributed by atoms with E-state index in [0.717, 1.165) is 5.56 Å². The molecule has 9 heteroatoms. The molecular formula is C27H32N2O7. The highest BCUT2D eigenvalue weighted by Gasteiger charge is 2.54. The van der Waals surface area contributed by atoms with Gasteiger partial charge in [-0.1, -0.05) is 30.3 Å². The smallest absolute Gasteiger partial charge is 0.323 e. The molecule has 2 saturated heterocycles. The third-order valence-electron chi connectivity index (χ3n) is 7.42. The van der Waals surface area contributed by atoms with E-state index < -0.39 is 23.7 Å². The molecule has 0 bridgehead atoms. The first-order valence-corrected chi connectivity index (χ1v) is 12.2. The van der Waals surface area contributed by atoms with E-state index in [1.54, 1.807) is 36.4 Å². The number of carboxylic acid groups (broad SMARTS) is 1. The van der Waals surface area contributed by atoms with Crippen LogP contribution in [0.3, 0.4) is 0 Å². The summed E-state index contributed by atoms with van der Waals surface area (Å²) >= 11 is 0. The van der Waals surface area contributed by atoms with Crippen molar-refractivity contribution in [2.24, 2.45) is 5.92 Å². The van der Waals surface area contributed by atoms with E-state index in [1.807, 2.05) is 30.9 Å². The molecule has 0 saturated carbocycles. The van der Waals surface area contributed by atoms with E-state index in [1.165, 1.54) is 4.90 Å². The van der Waals surface area contributed by atoms with E-state index in [0.29, 0.717) is 44.2 Å². The standard InChI is InChI=1S/C27H32N2O7/c1-26(2)20-13-27(17-34-24(20)19-9-6-10-21(30)25(19)36-26)16-28(11-12-35-27)14-22(31)29(15-23(32)33)18-7-4-3-5-8-18/h3-10,20,24,30H,11-17H2,1-2H3,(H,32,33)/t20-,24+,27+/m0/s1. The third kappa shape index (κ3) is 4.66. The summed E-state index contributed by atoms with van der Waals surface area (Å²) in [6, 6.07) is 14.2. The predicted octanol–water partition coefficient (Wildman–Crippen LogP) is 2.83. The number of benzene rings is 2. The normalized spacial score (nSPS) is 26.9. The van der Waals surface area contributed by atoms with Crippen molar-refractivity contribution >= 4 is 17.6 Å². The number of fused-ring (bicyclic) bond motifs is 3. The van der Waals surface area contributed by atoms with Gasteiger partial charge in [-0.25, -0.2) is 0 Å². The van der Waals surface area contributed by atoms with E-state index in [2.05, 4.69) is 0 Å². The first-order chi connectivity index (χ1) is 17.2. The lowest BCUT2D eigenvalue weighted by Crippen LogP contribution is -2.62. The lowest BCUT2D eigenvalue weighted by atomic mass is 9.71. The molecule has 192 valence electrons. The van der Waals surface area contributed by atoms with E-state index >= 15 is 0 Å². The topological polar surface area (TPSA) is 109 Å². The number of anilines is 1. The van der Waals surface area contributed by atoms with Crippen LogP contribution < -0.4 is 9.64 Å². The van der Waals surface area contributed by atoms with E-state index in [9.17, 15) is 19.8 Å². The van der Waals surface area contributed by atoms with Crippen molar-refractivity contribution in [3.63, 3.8) is 0 Å². The van der Waals surface area contributed by atoms with Crippen LogP contribution in [0.1, 0.15) is 31.9 Å². The second-order valence-corrected chi connectivity index (χ2v) is 10.4. The van der Waals surface area contributed by atoms with Gasteiger partial charge in [0.15, 0.2) is 11.5 Å². The third-order valence-corrected chi connectivity index (χ3v) is 7.42. The lowest BCUT2D eigenvalue weighted by Gasteiger charge is -2.54. The van der Waals surface area contributed by atoms with Crippen molar-refractivity contribution < 1.29 is 34.0 Å². The van der Waals surface area contributed by atoms with E-state index in [-0.39, 0.29) is 30.2 Å². The highest BCUT2D eigenvalue weighted by atomic mass is 16.6. The molecule has 0 aliphatic carbocycles. The van der Waals surface area contributed by atoms with E-state index in [4.69, 9.17) is 14.2 Å². The molecule has 36 heavy (non-hydrogen) atoms. The minimum Gasteiger partial charge on any atom is -0.504 e. The van der Waals surface area contributed by atoms with Crippen LogP contribution in [0.25, 0.3) is 0 Å². The number of carbonyl (C=O) groups is 2. The Bertz CT molecular complexity index is 1140. The zero-order chi connectivity index (χ0) is 25.5. The molecule has 1 spiro atoms. The number of rotatable bonds is 5. The second-order valence-electron chi connectivity index (χ2n) is 10.4. The number of hydrogen-bond donors (Lipinski definition) is 2. The molecule has 0 unspecified atom stereocenters. The fourth-order valence-electron chi connectivity index (χ4n) is 5.67. The number of morpholine rings is 1. The van der Waals surface area contributed by atoms with Crippen LogP contribution in [0, 0.1) is 5.92 Å². The molecule has 9 nitrogen and oxygen atoms in total. The fraction of sp³-hybridized carbons (Fsp3) is 0.481. The zero-order valence-corrected chi connectivity index (χ0v) is 20.6. The summed E-state index contributed by atoms with van der Waals surface area (Å²) in [6.45, 7) is 5.51. The lowest BCUT2D eigenvalue weighted by molar-refractivity contribution is -0.230. The number of aliphatic carboxylic acids is 1. The maximum atomic E-state index is 13.2. The molecule has 1 amide bonds. The molecule has 2 aromatic rings. The Balaban J connectivity index is 1.32. The SMILES string of the molecule is CC1(C)Oc2c(O)cccc2[C@H]2OC[C@@]3(C[C@@H]21)CN(CC(=O)N(CC(=O)O)c1ccccc1)CCO3. The molecule has 3 aliphatic rings. The number of carboxylic acids is 1. The second kappa shape index (κ2) is 9.38. The van der Waals surface area contributed by atoms with Crippen molar-refractivity contribution in [1.29, 1.82) is 0 Å².